The zero-order valence-corrected chi connectivity index (χ0v) is 16.1. The summed E-state index contributed by atoms with van der Waals surface area (Å²) in [6.07, 6.45) is 0.390. The summed E-state index contributed by atoms with van der Waals surface area (Å²) in [5.74, 6) is 1.93. The Bertz CT molecular complexity index is 965. The van der Waals surface area contributed by atoms with E-state index >= 15 is 0 Å². The van der Waals surface area contributed by atoms with Crippen molar-refractivity contribution < 1.29 is 14.1 Å². The lowest BCUT2D eigenvalue weighted by molar-refractivity contribution is -0.128. The first-order chi connectivity index (χ1) is 13.6. The molecule has 0 bridgehead atoms. The van der Waals surface area contributed by atoms with Gasteiger partial charge in [0.15, 0.2) is 0 Å². The summed E-state index contributed by atoms with van der Waals surface area (Å²) in [6, 6.07) is 15.8. The smallest absolute Gasteiger partial charge is 0.232 e. The number of benzene rings is 2. The van der Waals surface area contributed by atoms with Crippen molar-refractivity contribution in [1.29, 1.82) is 0 Å². The summed E-state index contributed by atoms with van der Waals surface area (Å²) in [5, 5.41) is 4.09. The molecule has 2 aromatic carbocycles. The predicted molar refractivity (Wildman–Crippen MR) is 105 cm³/mol. The van der Waals surface area contributed by atoms with Crippen LogP contribution in [0.1, 0.15) is 36.3 Å². The van der Waals surface area contributed by atoms with Gasteiger partial charge in [-0.3, -0.25) is 4.79 Å². The Hall–Kier alpha value is -3.15. The van der Waals surface area contributed by atoms with Gasteiger partial charge < -0.3 is 14.2 Å². The van der Waals surface area contributed by atoms with Crippen molar-refractivity contribution >= 4 is 5.91 Å². The number of likely N-dealkylation sites (tertiary alicyclic amines) is 1. The van der Waals surface area contributed by atoms with E-state index in [2.05, 4.69) is 10.1 Å². The monoisotopic (exact) mass is 377 g/mol. The number of carbonyl (C=O) groups is 1. The highest BCUT2D eigenvalue weighted by molar-refractivity contribution is 5.79. The minimum atomic E-state index is -0.0747. The molecule has 28 heavy (non-hydrogen) atoms. The van der Waals surface area contributed by atoms with Gasteiger partial charge >= 0.3 is 0 Å². The van der Waals surface area contributed by atoms with Crippen LogP contribution >= 0.6 is 0 Å². The zero-order chi connectivity index (χ0) is 19.5. The molecule has 4 rings (SSSR count). The van der Waals surface area contributed by atoms with Crippen molar-refractivity contribution in [1.82, 2.24) is 15.0 Å². The molecular formula is C22H23N3O3. The third-order valence-corrected chi connectivity index (χ3v) is 4.90. The van der Waals surface area contributed by atoms with Crippen molar-refractivity contribution in [3.8, 4) is 17.1 Å². The highest BCUT2D eigenvalue weighted by Gasteiger charge is 2.34. The molecule has 1 saturated heterocycles. The van der Waals surface area contributed by atoms with E-state index in [1.54, 1.807) is 0 Å². The van der Waals surface area contributed by atoms with Crippen LogP contribution in [-0.4, -0.2) is 34.1 Å². The van der Waals surface area contributed by atoms with Crippen molar-refractivity contribution in [3.63, 3.8) is 0 Å². The van der Waals surface area contributed by atoms with Crippen LogP contribution in [0.5, 0.6) is 5.75 Å². The molecule has 0 aliphatic carbocycles. The molecule has 1 aliphatic rings. The first kappa shape index (κ1) is 18.2. The van der Waals surface area contributed by atoms with E-state index in [-0.39, 0.29) is 11.8 Å². The summed E-state index contributed by atoms with van der Waals surface area (Å²) >= 11 is 0. The van der Waals surface area contributed by atoms with Crippen LogP contribution in [0.15, 0.2) is 53.1 Å². The summed E-state index contributed by atoms with van der Waals surface area (Å²) < 4.78 is 11.0. The van der Waals surface area contributed by atoms with Gasteiger partial charge in [-0.15, -0.1) is 0 Å². The quantitative estimate of drug-likeness (QED) is 0.650. The highest BCUT2D eigenvalue weighted by atomic mass is 16.5. The molecule has 0 spiro atoms. The standard InChI is InChI=1S/C22H23N3O3/c1-3-27-19-6-4-5-16(11-19)13-25-14-18(12-20(25)26)22-23-21(24-28-22)17-9-7-15(2)8-10-17/h4-11,18H,3,12-14H2,1-2H3. The number of hydrogen-bond acceptors (Lipinski definition) is 5. The van der Waals surface area contributed by atoms with Crippen LogP contribution < -0.4 is 4.74 Å². The van der Waals surface area contributed by atoms with Gasteiger partial charge in [-0.1, -0.05) is 47.1 Å². The molecule has 0 radical (unpaired) electrons. The lowest BCUT2D eigenvalue weighted by Gasteiger charge is -2.16. The van der Waals surface area contributed by atoms with E-state index in [1.807, 2.05) is 67.3 Å². The molecule has 6 heteroatoms. The number of hydrogen-bond donors (Lipinski definition) is 0. The van der Waals surface area contributed by atoms with Crippen molar-refractivity contribution in [2.24, 2.45) is 0 Å². The molecule has 1 atom stereocenters. The topological polar surface area (TPSA) is 68.5 Å². The second kappa shape index (κ2) is 7.84. The third-order valence-electron chi connectivity index (χ3n) is 4.90. The zero-order valence-electron chi connectivity index (χ0n) is 16.1. The number of rotatable bonds is 6. The first-order valence-electron chi connectivity index (χ1n) is 9.52. The number of amides is 1. The molecule has 1 fully saturated rings. The van der Waals surface area contributed by atoms with Crippen LogP contribution in [0, 0.1) is 6.92 Å². The number of aromatic nitrogens is 2. The highest BCUT2D eigenvalue weighted by Crippen LogP contribution is 2.30. The van der Waals surface area contributed by atoms with Gasteiger partial charge in [0.1, 0.15) is 5.75 Å². The lowest BCUT2D eigenvalue weighted by atomic mass is 10.1. The number of ether oxygens (including phenoxy) is 1. The molecule has 6 nitrogen and oxygen atoms in total. The van der Waals surface area contributed by atoms with E-state index in [4.69, 9.17) is 9.26 Å². The maximum Gasteiger partial charge on any atom is 0.232 e. The Morgan fingerprint density at radius 3 is 2.82 bits per heavy atom. The third kappa shape index (κ3) is 3.91. The van der Waals surface area contributed by atoms with Crippen LogP contribution in [-0.2, 0) is 11.3 Å². The molecule has 2 heterocycles. The second-order valence-corrected chi connectivity index (χ2v) is 7.08. The molecule has 1 unspecified atom stereocenters. The SMILES string of the molecule is CCOc1cccc(CN2CC(c3nc(-c4ccc(C)cc4)no3)CC2=O)c1. The Kier molecular flexibility index (Phi) is 5.10. The summed E-state index contributed by atoms with van der Waals surface area (Å²) in [7, 11) is 0. The van der Waals surface area contributed by atoms with Gasteiger partial charge in [0.05, 0.1) is 12.5 Å². The minimum Gasteiger partial charge on any atom is -0.494 e. The summed E-state index contributed by atoms with van der Waals surface area (Å²) in [5.41, 5.74) is 3.14. The van der Waals surface area contributed by atoms with Gasteiger partial charge in [-0.2, -0.15) is 4.98 Å². The first-order valence-corrected chi connectivity index (χ1v) is 9.52. The number of carbonyl (C=O) groups excluding carboxylic acids is 1. The van der Waals surface area contributed by atoms with Gasteiger partial charge in [0.2, 0.25) is 17.6 Å². The van der Waals surface area contributed by atoms with E-state index in [0.29, 0.717) is 37.8 Å². The average Bonchev–Trinajstić information content (AvgIpc) is 3.31. The molecule has 144 valence electrons. The fourth-order valence-electron chi connectivity index (χ4n) is 3.43. The van der Waals surface area contributed by atoms with E-state index < -0.39 is 0 Å². The summed E-state index contributed by atoms with van der Waals surface area (Å²) in [4.78, 5) is 18.9. The number of nitrogens with zero attached hydrogens (tertiary/aromatic N) is 3. The maximum absolute atomic E-state index is 12.5. The Morgan fingerprint density at radius 2 is 2.04 bits per heavy atom. The van der Waals surface area contributed by atoms with Crippen LogP contribution in [0.25, 0.3) is 11.4 Å². The van der Waals surface area contributed by atoms with Gasteiger partial charge in [0.25, 0.3) is 0 Å². The van der Waals surface area contributed by atoms with E-state index in [9.17, 15) is 4.79 Å². The molecular weight excluding hydrogens is 354 g/mol. The van der Waals surface area contributed by atoms with Crippen molar-refractivity contribution in [2.45, 2.75) is 32.7 Å². The average molecular weight is 377 g/mol. The Labute approximate surface area is 164 Å². The van der Waals surface area contributed by atoms with Gasteiger partial charge in [-0.25, -0.2) is 0 Å². The van der Waals surface area contributed by atoms with E-state index in [1.165, 1.54) is 5.56 Å². The lowest BCUT2D eigenvalue weighted by Crippen LogP contribution is -2.24. The molecule has 3 aromatic rings. The van der Waals surface area contributed by atoms with E-state index in [0.717, 1.165) is 16.9 Å². The van der Waals surface area contributed by atoms with Crippen molar-refractivity contribution in [2.75, 3.05) is 13.2 Å². The molecule has 0 N–H and O–H groups in total. The molecule has 1 amide bonds. The fraction of sp³-hybridized carbons (Fsp3) is 0.318. The summed E-state index contributed by atoms with van der Waals surface area (Å²) in [6.45, 7) is 5.74. The van der Waals surface area contributed by atoms with Crippen LogP contribution in [0.2, 0.25) is 0 Å². The van der Waals surface area contributed by atoms with Gasteiger partial charge in [0, 0.05) is 25.1 Å². The van der Waals surface area contributed by atoms with Crippen LogP contribution in [0.4, 0.5) is 0 Å². The van der Waals surface area contributed by atoms with Gasteiger partial charge in [-0.05, 0) is 31.5 Å². The fourth-order valence-corrected chi connectivity index (χ4v) is 3.43. The largest absolute Gasteiger partial charge is 0.494 e. The Morgan fingerprint density at radius 1 is 1.21 bits per heavy atom. The molecule has 1 aliphatic heterocycles. The van der Waals surface area contributed by atoms with Crippen LogP contribution in [0.3, 0.4) is 0 Å². The Balaban J connectivity index is 1.45. The molecule has 1 aromatic heterocycles. The second-order valence-electron chi connectivity index (χ2n) is 7.08. The predicted octanol–water partition coefficient (Wildman–Crippen LogP) is 3.96. The number of aryl methyl sites for hydroxylation is 1. The maximum atomic E-state index is 12.5. The molecule has 0 saturated carbocycles. The minimum absolute atomic E-state index is 0.0747. The van der Waals surface area contributed by atoms with Crippen molar-refractivity contribution in [3.05, 3.63) is 65.5 Å². The normalized spacial score (nSPS) is 16.6.